The molecule has 6 heteroatoms. The first-order chi connectivity index (χ1) is 13.6. The summed E-state index contributed by atoms with van der Waals surface area (Å²) in [6.07, 6.45) is 2.25. The van der Waals surface area contributed by atoms with E-state index in [2.05, 4.69) is 5.32 Å². The molecule has 1 aromatic heterocycles. The molecule has 0 radical (unpaired) electrons. The molecule has 6 nitrogen and oxygen atoms in total. The van der Waals surface area contributed by atoms with Crippen molar-refractivity contribution in [3.8, 4) is 17.2 Å². The van der Waals surface area contributed by atoms with Crippen LogP contribution in [0.5, 0.6) is 17.2 Å². The lowest BCUT2D eigenvalue weighted by molar-refractivity contribution is 0.102. The van der Waals surface area contributed by atoms with Gasteiger partial charge < -0.3 is 19.5 Å². The van der Waals surface area contributed by atoms with Crippen molar-refractivity contribution in [2.75, 3.05) is 26.6 Å². The third kappa shape index (κ3) is 3.33. The first-order valence-corrected chi connectivity index (χ1v) is 9.15. The number of hydrogen-bond donors (Lipinski definition) is 1. The lowest BCUT2D eigenvalue weighted by Gasteiger charge is -2.15. The molecule has 0 saturated heterocycles. The Kier molecular flexibility index (Phi) is 4.77. The minimum absolute atomic E-state index is 0.199. The molecule has 4 rings (SSSR count). The Balaban J connectivity index is 1.73. The van der Waals surface area contributed by atoms with Crippen LogP contribution in [-0.2, 0) is 0 Å². The number of pyridine rings is 1. The average molecular weight is 378 g/mol. The van der Waals surface area contributed by atoms with Gasteiger partial charge in [-0.1, -0.05) is 18.2 Å². The molecular weight excluding hydrogens is 356 g/mol. The van der Waals surface area contributed by atoms with Crippen LogP contribution < -0.4 is 19.5 Å². The van der Waals surface area contributed by atoms with Crippen molar-refractivity contribution in [2.24, 2.45) is 0 Å². The summed E-state index contributed by atoms with van der Waals surface area (Å²) in [6, 6.07) is 13.0. The third-order valence-corrected chi connectivity index (χ3v) is 4.90. The third-order valence-electron chi connectivity index (χ3n) is 4.90. The molecule has 1 amide bonds. The molecule has 1 aliphatic rings. The lowest BCUT2D eigenvalue weighted by Crippen LogP contribution is -2.14. The first kappa shape index (κ1) is 18.1. The van der Waals surface area contributed by atoms with Crippen LogP contribution in [0.4, 0.5) is 5.69 Å². The zero-order valence-electron chi connectivity index (χ0n) is 16.1. The Bertz CT molecular complexity index is 1020. The Labute approximate surface area is 163 Å². The van der Waals surface area contributed by atoms with Crippen molar-refractivity contribution in [3.63, 3.8) is 0 Å². The number of ether oxygens (including phenoxy) is 3. The van der Waals surface area contributed by atoms with Gasteiger partial charge >= 0.3 is 0 Å². The highest BCUT2D eigenvalue weighted by atomic mass is 16.5. The minimum Gasteiger partial charge on any atom is -0.493 e. The number of nitrogens with one attached hydrogen (secondary N) is 1. The molecule has 0 spiro atoms. The highest BCUT2D eigenvalue weighted by molar-refractivity contribution is 6.12. The molecule has 1 fully saturated rings. The second-order valence-corrected chi connectivity index (χ2v) is 6.75. The van der Waals surface area contributed by atoms with Crippen molar-refractivity contribution in [3.05, 3.63) is 53.7 Å². The number of nitrogens with zero attached hydrogens (tertiary/aromatic N) is 1. The quantitative estimate of drug-likeness (QED) is 0.689. The SMILES string of the molecule is COc1cc(NC(=O)c2cc(C3CC3)nc3ccccc23)cc(OC)c1OC. The van der Waals surface area contributed by atoms with Crippen molar-refractivity contribution in [2.45, 2.75) is 18.8 Å². The maximum absolute atomic E-state index is 13.1. The smallest absolute Gasteiger partial charge is 0.256 e. The largest absolute Gasteiger partial charge is 0.493 e. The lowest BCUT2D eigenvalue weighted by atomic mass is 10.1. The van der Waals surface area contributed by atoms with Gasteiger partial charge in [-0.2, -0.15) is 0 Å². The fraction of sp³-hybridized carbons (Fsp3) is 0.273. The van der Waals surface area contributed by atoms with E-state index < -0.39 is 0 Å². The Morgan fingerprint density at radius 2 is 1.68 bits per heavy atom. The summed E-state index contributed by atoms with van der Waals surface area (Å²) in [5.41, 5.74) is 2.99. The summed E-state index contributed by atoms with van der Waals surface area (Å²) in [6.45, 7) is 0. The van der Waals surface area contributed by atoms with Crippen LogP contribution in [0.25, 0.3) is 10.9 Å². The van der Waals surface area contributed by atoms with Crippen LogP contribution >= 0.6 is 0 Å². The second kappa shape index (κ2) is 7.38. The predicted molar refractivity (Wildman–Crippen MR) is 108 cm³/mol. The Morgan fingerprint density at radius 3 is 2.29 bits per heavy atom. The van der Waals surface area contributed by atoms with Crippen LogP contribution in [-0.4, -0.2) is 32.2 Å². The van der Waals surface area contributed by atoms with Gasteiger partial charge in [-0.3, -0.25) is 9.78 Å². The number of hydrogen-bond acceptors (Lipinski definition) is 5. The molecule has 3 aromatic rings. The van der Waals surface area contributed by atoms with Crippen LogP contribution in [0, 0.1) is 0 Å². The number of para-hydroxylation sites is 1. The van der Waals surface area contributed by atoms with E-state index in [-0.39, 0.29) is 5.91 Å². The summed E-state index contributed by atoms with van der Waals surface area (Å²) < 4.78 is 16.1. The number of carbonyl (C=O) groups excluding carboxylic acids is 1. The molecule has 0 atom stereocenters. The van der Waals surface area contributed by atoms with E-state index in [1.54, 1.807) is 33.5 Å². The van der Waals surface area contributed by atoms with E-state index in [0.29, 0.717) is 34.4 Å². The van der Waals surface area contributed by atoms with E-state index in [1.165, 1.54) is 0 Å². The highest BCUT2D eigenvalue weighted by Crippen LogP contribution is 2.41. The van der Waals surface area contributed by atoms with Crippen molar-refractivity contribution < 1.29 is 19.0 Å². The van der Waals surface area contributed by atoms with Gasteiger partial charge in [-0.25, -0.2) is 0 Å². The molecule has 1 aliphatic carbocycles. The maximum atomic E-state index is 13.1. The highest BCUT2D eigenvalue weighted by Gasteiger charge is 2.27. The Morgan fingerprint density at radius 1 is 1.00 bits per heavy atom. The molecule has 1 heterocycles. The van der Waals surface area contributed by atoms with E-state index in [0.717, 1.165) is 29.4 Å². The summed E-state index contributed by atoms with van der Waals surface area (Å²) in [5, 5.41) is 3.79. The number of anilines is 1. The molecule has 0 bridgehead atoms. The van der Waals surface area contributed by atoms with Crippen molar-refractivity contribution in [1.29, 1.82) is 0 Å². The molecular formula is C22H22N2O4. The van der Waals surface area contributed by atoms with E-state index in [4.69, 9.17) is 19.2 Å². The number of aromatic nitrogens is 1. The predicted octanol–water partition coefficient (Wildman–Crippen LogP) is 4.39. The van der Waals surface area contributed by atoms with Gasteiger partial charge in [0.2, 0.25) is 5.75 Å². The van der Waals surface area contributed by atoms with Crippen LogP contribution in [0.15, 0.2) is 42.5 Å². The molecule has 0 aliphatic heterocycles. The van der Waals surface area contributed by atoms with Gasteiger partial charge in [0.05, 0.1) is 32.4 Å². The number of benzene rings is 2. The molecule has 144 valence electrons. The normalized spacial score (nSPS) is 13.2. The fourth-order valence-corrected chi connectivity index (χ4v) is 3.32. The topological polar surface area (TPSA) is 69.7 Å². The van der Waals surface area contributed by atoms with Gasteiger partial charge in [-0.05, 0) is 25.0 Å². The summed E-state index contributed by atoms with van der Waals surface area (Å²) in [4.78, 5) is 17.9. The summed E-state index contributed by atoms with van der Waals surface area (Å²) >= 11 is 0. The number of amides is 1. The number of fused-ring (bicyclic) bond motifs is 1. The number of methoxy groups -OCH3 is 3. The fourth-order valence-electron chi connectivity index (χ4n) is 3.32. The molecule has 1 N–H and O–H groups in total. The minimum atomic E-state index is -0.199. The first-order valence-electron chi connectivity index (χ1n) is 9.15. The number of rotatable bonds is 6. The Hall–Kier alpha value is -3.28. The van der Waals surface area contributed by atoms with Gasteiger partial charge in [0.25, 0.3) is 5.91 Å². The standard InChI is InChI=1S/C22H22N2O4/c1-26-19-10-14(11-20(27-2)21(19)28-3)23-22(25)16-12-18(13-8-9-13)24-17-7-5-4-6-15(16)17/h4-7,10-13H,8-9H2,1-3H3,(H,23,25). The van der Waals surface area contributed by atoms with Gasteiger partial charge in [0.1, 0.15) is 0 Å². The van der Waals surface area contributed by atoms with E-state index in [1.807, 2.05) is 30.3 Å². The van der Waals surface area contributed by atoms with E-state index >= 15 is 0 Å². The molecule has 1 saturated carbocycles. The summed E-state index contributed by atoms with van der Waals surface area (Å²) in [5.74, 6) is 1.70. The van der Waals surface area contributed by atoms with Gasteiger partial charge in [0, 0.05) is 34.8 Å². The van der Waals surface area contributed by atoms with Crippen LogP contribution in [0.3, 0.4) is 0 Å². The summed E-state index contributed by atoms with van der Waals surface area (Å²) in [7, 11) is 4.63. The second-order valence-electron chi connectivity index (χ2n) is 6.75. The zero-order valence-corrected chi connectivity index (χ0v) is 16.1. The van der Waals surface area contributed by atoms with Gasteiger partial charge in [-0.15, -0.1) is 0 Å². The van der Waals surface area contributed by atoms with Crippen LogP contribution in [0.1, 0.15) is 34.8 Å². The van der Waals surface area contributed by atoms with E-state index in [9.17, 15) is 4.79 Å². The average Bonchev–Trinajstić information content (AvgIpc) is 3.57. The van der Waals surface area contributed by atoms with Crippen molar-refractivity contribution >= 4 is 22.5 Å². The molecule has 28 heavy (non-hydrogen) atoms. The molecule has 0 unspecified atom stereocenters. The molecule has 2 aromatic carbocycles. The zero-order chi connectivity index (χ0) is 19.7. The van der Waals surface area contributed by atoms with Crippen LogP contribution in [0.2, 0.25) is 0 Å². The van der Waals surface area contributed by atoms with Gasteiger partial charge in [0.15, 0.2) is 11.5 Å². The maximum Gasteiger partial charge on any atom is 0.256 e. The number of carbonyl (C=O) groups is 1. The van der Waals surface area contributed by atoms with Crippen molar-refractivity contribution in [1.82, 2.24) is 4.98 Å². The monoisotopic (exact) mass is 378 g/mol.